The van der Waals surface area contributed by atoms with Crippen LogP contribution in [0.5, 0.6) is 0 Å². The molecule has 8 nitrogen and oxygen atoms in total. The lowest BCUT2D eigenvalue weighted by molar-refractivity contribution is 0.0858. The summed E-state index contributed by atoms with van der Waals surface area (Å²) in [5.74, 6) is 2.11. The zero-order chi connectivity index (χ0) is 21.8. The fourth-order valence-electron chi connectivity index (χ4n) is 4.59. The summed E-state index contributed by atoms with van der Waals surface area (Å²) < 4.78 is 0. The number of nitriles is 1. The minimum absolute atomic E-state index is 0.292. The third kappa shape index (κ3) is 4.78. The summed E-state index contributed by atoms with van der Waals surface area (Å²) in [5, 5.41) is 24.1. The van der Waals surface area contributed by atoms with E-state index in [4.69, 9.17) is 15.2 Å². The van der Waals surface area contributed by atoms with Crippen LogP contribution in [0.15, 0.2) is 30.3 Å². The van der Waals surface area contributed by atoms with Gasteiger partial charge in [-0.25, -0.2) is 4.98 Å². The van der Waals surface area contributed by atoms with Crippen LogP contribution in [0.1, 0.15) is 45.2 Å². The van der Waals surface area contributed by atoms with Gasteiger partial charge in [-0.3, -0.25) is 10.00 Å². The van der Waals surface area contributed by atoms with Crippen molar-refractivity contribution in [2.45, 2.75) is 64.6 Å². The van der Waals surface area contributed by atoms with Crippen molar-refractivity contribution >= 4 is 28.5 Å². The molecular weight excluding hydrogens is 388 g/mol. The van der Waals surface area contributed by atoms with Gasteiger partial charge in [-0.15, -0.1) is 0 Å². The van der Waals surface area contributed by atoms with E-state index < -0.39 is 0 Å². The average molecular weight is 419 g/mol. The lowest BCUT2D eigenvalue weighted by atomic mass is 9.90. The standard InChI is InChI=1S/C23H30N8/c1-4-18-14-17(13-16(3)31(18)11-7-10-24)25-23-26-20-9-6-5-8-19(20)22(28-23)27-21-12-15(2)29-30-21/h5-6,8-9,12,16-18H,4,7,11,13-14H2,1-3H3,(H3,25,26,27,28,29,30). The third-order valence-corrected chi connectivity index (χ3v) is 6.06. The lowest BCUT2D eigenvalue weighted by Crippen LogP contribution is -2.51. The number of fused-ring (bicyclic) bond motifs is 1. The maximum Gasteiger partial charge on any atom is 0.225 e. The fourth-order valence-corrected chi connectivity index (χ4v) is 4.59. The van der Waals surface area contributed by atoms with Gasteiger partial charge in [0, 0.05) is 48.2 Å². The molecule has 31 heavy (non-hydrogen) atoms. The molecule has 0 spiro atoms. The second kappa shape index (κ2) is 9.31. The predicted molar refractivity (Wildman–Crippen MR) is 123 cm³/mol. The van der Waals surface area contributed by atoms with Gasteiger partial charge in [0.2, 0.25) is 5.95 Å². The Morgan fingerprint density at radius 1 is 1.26 bits per heavy atom. The van der Waals surface area contributed by atoms with E-state index in [0.717, 1.165) is 54.0 Å². The number of likely N-dealkylation sites (tertiary alicyclic amines) is 1. The minimum atomic E-state index is 0.292. The monoisotopic (exact) mass is 418 g/mol. The molecule has 1 fully saturated rings. The average Bonchev–Trinajstić information content (AvgIpc) is 3.17. The number of nitrogens with one attached hydrogen (secondary N) is 3. The molecule has 0 bridgehead atoms. The Balaban J connectivity index is 1.56. The smallest absolute Gasteiger partial charge is 0.225 e. The highest BCUT2D eigenvalue weighted by Gasteiger charge is 2.32. The van der Waals surface area contributed by atoms with Crippen LogP contribution >= 0.6 is 0 Å². The van der Waals surface area contributed by atoms with Gasteiger partial charge < -0.3 is 10.6 Å². The van der Waals surface area contributed by atoms with E-state index in [1.807, 2.05) is 37.3 Å². The number of aryl methyl sites for hydroxylation is 1. The number of nitrogens with zero attached hydrogens (tertiary/aromatic N) is 5. The Morgan fingerprint density at radius 3 is 2.84 bits per heavy atom. The normalized spacial score (nSPS) is 21.7. The highest BCUT2D eigenvalue weighted by atomic mass is 15.2. The van der Waals surface area contributed by atoms with Crippen LogP contribution in [0.2, 0.25) is 0 Å². The largest absolute Gasteiger partial charge is 0.351 e. The van der Waals surface area contributed by atoms with Crippen molar-refractivity contribution in [3.8, 4) is 6.07 Å². The number of anilines is 3. The van der Waals surface area contributed by atoms with E-state index in [9.17, 15) is 0 Å². The molecule has 0 amide bonds. The number of hydrogen-bond acceptors (Lipinski definition) is 7. The Hall–Kier alpha value is -3.18. The van der Waals surface area contributed by atoms with Gasteiger partial charge in [0.1, 0.15) is 5.82 Å². The second-order valence-electron chi connectivity index (χ2n) is 8.34. The van der Waals surface area contributed by atoms with Crippen LogP contribution in [0.25, 0.3) is 10.9 Å². The number of para-hydroxylation sites is 1. The molecule has 3 N–H and O–H groups in total. The molecule has 1 saturated heterocycles. The highest BCUT2D eigenvalue weighted by molar-refractivity contribution is 5.91. The zero-order valence-electron chi connectivity index (χ0n) is 18.4. The van der Waals surface area contributed by atoms with Crippen LogP contribution < -0.4 is 10.6 Å². The number of rotatable bonds is 7. The van der Waals surface area contributed by atoms with Gasteiger partial charge in [0.15, 0.2) is 5.82 Å². The van der Waals surface area contributed by atoms with Gasteiger partial charge in [-0.05, 0) is 45.2 Å². The third-order valence-electron chi connectivity index (χ3n) is 6.06. The summed E-state index contributed by atoms with van der Waals surface area (Å²) in [6.45, 7) is 7.28. The number of H-pyrrole nitrogens is 1. The molecule has 3 aromatic rings. The van der Waals surface area contributed by atoms with Gasteiger partial charge >= 0.3 is 0 Å². The Kier molecular flexibility index (Phi) is 6.33. The fraction of sp³-hybridized carbons (Fsp3) is 0.478. The van der Waals surface area contributed by atoms with E-state index in [0.29, 0.717) is 30.5 Å². The summed E-state index contributed by atoms with van der Waals surface area (Å²) in [6.07, 6.45) is 3.66. The predicted octanol–water partition coefficient (Wildman–Crippen LogP) is 4.36. The van der Waals surface area contributed by atoms with Crippen LogP contribution in [-0.4, -0.2) is 49.7 Å². The van der Waals surface area contributed by atoms with Gasteiger partial charge in [0.05, 0.1) is 11.6 Å². The quantitative estimate of drug-likeness (QED) is 0.523. The zero-order valence-corrected chi connectivity index (χ0v) is 18.4. The molecule has 2 aromatic heterocycles. The van der Waals surface area contributed by atoms with E-state index in [1.54, 1.807) is 0 Å². The summed E-state index contributed by atoms with van der Waals surface area (Å²) in [6, 6.07) is 13.4. The van der Waals surface area contributed by atoms with E-state index in [-0.39, 0.29) is 0 Å². The summed E-state index contributed by atoms with van der Waals surface area (Å²) in [4.78, 5) is 12.1. The first-order chi connectivity index (χ1) is 15.1. The maximum absolute atomic E-state index is 8.99. The van der Waals surface area contributed by atoms with E-state index in [2.05, 4.69) is 45.6 Å². The van der Waals surface area contributed by atoms with Gasteiger partial charge in [0.25, 0.3) is 0 Å². The van der Waals surface area contributed by atoms with Crippen molar-refractivity contribution in [2.75, 3.05) is 17.2 Å². The number of aromatic nitrogens is 4. The van der Waals surface area contributed by atoms with Crippen molar-refractivity contribution in [1.82, 2.24) is 25.1 Å². The molecule has 3 unspecified atom stereocenters. The van der Waals surface area contributed by atoms with Crippen molar-refractivity contribution in [1.29, 1.82) is 5.26 Å². The van der Waals surface area contributed by atoms with Gasteiger partial charge in [-0.1, -0.05) is 19.1 Å². The Labute approximate surface area is 183 Å². The molecule has 3 heterocycles. The van der Waals surface area contributed by atoms with Crippen molar-refractivity contribution in [2.24, 2.45) is 0 Å². The molecule has 0 aliphatic carbocycles. The van der Waals surface area contributed by atoms with E-state index in [1.165, 1.54) is 0 Å². The van der Waals surface area contributed by atoms with Crippen LogP contribution in [0.3, 0.4) is 0 Å². The Morgan fingerprint density at radius 2 is 2.10 bits per heavy atom. The summed E-state index contributed by atoms with van der Waals surface area (Å²) in [7, 11) is 0. The number of hydrogen-bond donors (Lipinski definition) is 3. The van der Waals surface area contributed by atoms with Crippen LogP contribution in [-0.2, 0) is 0 Å². The van der Waals surface area contributed by atoms with Gasteiger partial charge in [-0.2, -0.15) is 15.3 Å². The molecule has 0 saturated carbocycles. The minimum Gasteiger partial charge on any atom is -0.351 e. The van der Waals surface area contributed by atoms with E-state index >= 15 is 0 Å². The number of aromatic amines is 1. The molecule has 1 aliphatic rings. The maximum atomic E-state index is 8.99. The SMILES string of the molecule is CCC1CC(Nc2nc(Nc3cc(C)[nH]n3)c3ccccc3n2)CC(C)N1CCC#N. The van der Waals surface area contributed by atoms with Crippen LogP contribution in [0, 0.1) is 18.3 Å². The molecule has 1 aromatic carbocycles. The molecule has 3 atom stereocenters. The van der Waals surface area contributed by atoms with Crippen molar-refractivity contribution in [3.63, 3.8) is 0 Å². The molecule has 8 heteroatoms. The molecule has 162 valence electrons. The molecule has 4 rings (SSSR count). The highest BCUT2D eigenvalue weighted by Crippen LogP contribution is 2.29. The first kappa shape index (κ1) is 21.1. The second-order valence-corrected chi connectivity index (χ2v) is 8.34. The first-order valence-corrected chi connectivity index (χ1v) is 11.0. The van der Waals surface area contributed by atoms with Crippen molar-refractivity contribution in [3.05, 3.63) is 36.0 Å². The van der Waals surface area contributed by atoms with Crippen LogP contribution in [0.4, 0.5) is 17.6 Å². The summed E-state index contributed by atoms with van der Waals surface area (Å²) in [5.41, 5.74) is 1.88. The molecule has 0 radical (unpaired) electrons. The molecule has 1 aliphatic heterocycles. The first-order valence-electron chi connectivity index (χ1n) is 11.0. The lowest BCUT2D eigenvalue weighted by Gasteiger charge is -2.43. The molecular formula is C23H30N8. The Bertz CT molecular complexity index is 1070. The topological polar surface area (TPSA) is 106 Å². The number of piperidine rings is 1. The number of benzene rings is 1. The van der Waals surface area contributed by atoms with Crippen molar-refractivity contribution < 1.29 is 0 Å². The summed E-state index contributed by atoms with van der Waals surface area (Å²) >= 11 is 0.